The molecule has 1 aromatic heterocycles. The van der Waals surface area contributed by atoms with Crippen molar-refractivity contribution in [2.24, 2.45) is 0 Å². The predicted molar refractivity (Wildman–Crippen MR) is 50.7 cm³/mol. The van der Waals surface area contributed by atoms with Crippen LogP contribution in [-0.4, -0.2) is 28.3 Å². The summed E-state index contributed by atoms with van der Waals surface area (Å²) in [7, 11) is 0. The molecule has 0 atom stereocenters. The summed E-state index contributed by atoms with van der Waals surface area (Å²) in [5, 5.41) is 20.3. The molecule has 5 heteroatoms. The summed E-state index contributed by atoms with van der Waals surface area (Å²) in [6.45, 7) is 2.07. The Kier molecular flexibility index (Phi) is 2.48. The monoisotopic (exact) mass is 200 g/mol. The lowest BCUT2D eigenvalue weighted by Crippen LogP contribution is -2.17. The zero-order valence-corrected chi connectivity index (χ0v) is 8.00. The van der Waals surface area contributed by atoms with Gasteiger partial charge in [0, 0.05) is 18.5 Å². The van der Waals surface area contributed by atoms with Gasteiger partial charge in [-0.15, -0.1) is 11.3 Å². The van der Waals surface area contributed by atoms with Crippen molar-refractivity contribution in [1.29, 1.82) is 0 Å². The van der Waals surface area contributed by atoms with Crippen molar-refractivity contribution in [2.45, 2.75) is 19.1 Å². The van der Waals surface area contributed by atoms with Crippen LogP contribution in [0.4, 0.5) is 5.13 Å². The molecule has 0 unspecified atom stereocenters. The molecular weight excluding hydrogens is 188 g/mol. The van der Waals surface area contributed by atoms with Gasteiger partial charge >= 0.3 is 0 Å². The molecule has 0 aliphatic carbocycles. The molecule has 72 valence electrons. The average Bonchev–Trinajstić information content (AvgIpc) is 2.75. The highest BCUT2D eigenvalue weighted by Crippen LogP contribution is 2.25. The van der Waals surface area contributed by atoms with Crippen molar-refractivity contribution in [2.75, 3.05) is 18.0 Å². The third-order valence-corrected chi connectivity index (χ3v) is 3.07. The van der Waals surface area contributed by atoms with E-state index in [0.717, 1.165) is 18.2 Å². The highest BCUT2D eigenvalue weighted by molar-refractivity contribution is 7.13. The topological polar surface area (TPSA) is 56.6 Å². The molecule has 2 N–H and O–H groups in total. The highest BCUT2D eigenvalue weighted by Gasteiger charge is 2.16. The first-order valence-electron chi connectivity index (χ1n) is 4.34. The van der Waals surface area contributed by atoms with E-state index in [-0.39, 0.29) is 0 Å². The van der Waals surface area contributed by atoms with Gasteiger partial charge in [-0.05, 0) is 12.8 Å². The number of aliphatic hydroxyl groups is 2. The van der Waals surface area contributed by atoms with E-state index in [0.29, 0.717) is 5.69 Å². The number of hydrogen-bond acceptors (Lipinski definition) is 5. The van der Waals surface area contributed by atoms with Crippen LogP contribution in [-0.2, 0) is 0 Å². The second-order valence-electron chi connectivity index (χ2n) is 3.12. The molecule has 0 bridgehead atoms. The molecule has 1 saturated heterocycles. The molecule has 0 aromatic carbocycles. The predicted octanol–water partition coefficient (Wildman–Crippen LogP) is 0.726. The lowest BCUT2D eigenvalue weighted by molar-refractivity contribution is -0.0453. The van der Waals surface area contributed by atoms with Crippen molar-refractivity contribution in [1.82, 2.24) is 4.98 Å². The van der Waals surface area contributed by atoms with Crippen LogP contribution >= 0.6 is 11.3 Å². The Morgan fingerprint density at radius 2 is 2.08 bits per heavy atom. The Labute approximate surface area is 80.5 Å². The highest BCUT2D eigenvalue weighted by atomic mass is 32.1. The molecule has 4 nitrogen and oxygen atoms in total. The third kappa shape index (κ3) is 1.82. The number of thiazole rings is 1. The number of nitrogens with zero attached hydrogens (tertiary/aromatic N) is 2. The minimum atomic E-state index is -1.44. The summed E-state index contributed by atoms with van der Waals surface area (Å²) >= 11 is 1.47. The first kappa shape index (κ1) is 8.93. The Hall–Kier alpha value is -0.650. The van der Waals surface area contributed by atoms with Crippen molar-refractivity contribution in [3.8, 4) is 0 Å². The van der Waals surface area contributed by atoms with E-state index in [1.807, 2.05) is 0 Å². The molecule has 1 aliphatic rings. The molecule has 13 heavy (non-hydrogen) atoms. The largest absolute Gasteiger partial charge is 0.363 e. The van der Waals surface area contributed by atoms with Crippen LogP contribution < -0.4 is 4.90 Å². The minimum Gasteiger partial charge on any atom is -0.363 e. The van der Waals surface area contributed by atoms with E-state index >= 15 is 0 Å². The van der Waals surface area contributed by atoms with Crippen LogP contribution in [0.25, 0.3) is 0 Å². The van der Waals surface area contributed by atoms with Gasteiger partial charge in [-0.1, -0.05) is 0 Å². The summed E-state index contributed by atoms with van der Waals surface area (Å²) in [5.41, 5.74) is 0.354. The summed E-state index contributed by atoms with van der Waals surface area (Å²) < 4.78 is 0. The molecule has 1 aliphatic heterocycles. The lowest BCUT2D eigenvalue weighted by atomic mass is 10.4. The molecule has 0 saturated carbocycles. The number of anilines is 1. The van der Waals surface area contributed by atoms with Crippen LogP contribution in [0.3, 0.4) is 0 Å². The second-order valence-corrected chi connectivity index (χ2v) is 3.96. The molecule has 2 rings (SSSR count). The summed E-state index contributed by atoms with van der Waals surface area (Å²) in [6, 6.07) is 0. The first-order chi connectivity index (χ1) is 6.27. The fourth-order valence-corrected chi connectivity index (χ4v) is 2.34. The van der Waals surface area contributed by atoms with Crippen LogP contribution in [0.1, 0.15) is 24.8 Å². The quantitative estimate of drug-likeness (QED) is 0.691. The van der Waals surface area contributed by atoms with E-state index in [2.05, 4.69) is 9.88 Å². The van der Waals surface area contributed by atoms with E-state index in [4.69, 9.17) is 10.2 Å². The van der Waals surface area contributed by atoms with E-state index in [1.54, 1.807) is 5.38 Å². The normalized spacial score (nSPS) is 17.3. The first-order valence-corrected chi connectivity index (χ1v) is 5.22. The second kappa shape index (κ2) is 3.61. The maximum Gasteiger partial charge on any atom is 0.196 e. The van der Waals surface area contributed by atoms with Gasteiger partial charge in [-0.25, -0.2) is 4.98 Å². The van der Waals surface area contributed by atoms with Gasteiger partial charge in [-0.3, -0.25) is 0 Å². The number of hydrogen-bond donors (Lipinski definition) is 2. The SMILES string of the molecule is OC(O)c1csc(N2CCCC2)n1. The van der Waals surface area contributed by atoms with Crippen molar-refractivity contribution in [3.63, 3.8) is 0 Å². The minimum absolute atomic E-state index is 0.354. The number of rotatable bonds is 2. The Morgan fingerprint density at radius 3 is 2.62 bits per heavy atom. The van der Waals surface area contributed by atoms with Crippen LogP contribution in [0.2, 0.25) is 0 Å². The maximum absolute atomic E-state index is 8.86. The summed E-state index contributed by atoms with van der Waals surface area (Å²) in [4.78, 5) is 6.31. The molecule has 1 fully saturated rings. The molecule has 0 radical (unpaired) electrons. The van der Waals surface area contributed by atoms with E-state index < -0.39 is 6.29 Å². The van der Waals surface area contributed by atoms with Crippen molar-refractivity contribution < 1.29 is 10.2 Å². The van der Waals surface area contributed by atoms with Crippen LogP contribution in [0.5, 0.6) is 0 Å². The number of aliphatic hydroxyl groups excluding tert-OH is 1. The fourth-order valence-electron chi connectivity index (χ4n) is 1.45. The average molecular weight is 200 g/mol. The lowest BCUT2D eigenvalue weighted by Gasteiger charge is -2.12. The zero-order valence-electron chi connectivity index (χ0n) is 7.18. The third-order valence-electron chi connectivity index (χ3n) is 2.15. The summed E-state index contributed by atoms with van der Waals surface area (Å²) in [6.07, 6.45) is 0.972. The van der Waals surface area contributed by atoms with Crippen molar-refractivity contribution >= 4 is 16.5 Å². The Bertz CT molecular complexity index is 281. The van der Waals surface area contributed by atoms with Crippen molar-refractivity contribution in [3.05, 3.63) is 11.1 Å². The Balaban J connectivity index is 2.12. The van der Waals surface area contributed by atoms with Gasteiger partial charge in [0.2, 0.25) is 0 Å². The van der Waals surface area contributed by atoms with E-state index in [9.17, 15) is 0 Å². The smallest absolute Gasteiger partial charge is 0.196 e. The van der Waals surface area contributed by atoms with Crippen LogP contribution in [0, 0.1) is 0 Å². The van der Waals surface area contributed by atoms with Crippen LogP contribution in [0.15, 0.2) is 5.38 Å². The van der Waals surface area contributed by atoms with Gasteiger partial charge in [0.15, 0.2) is 11.4 Å². The maximum atomic E-state index is 8.86. The molecule has 0 spiro atoms. The molecule has 1 aromatic rings. The van der Waals surface area contributed by atoms with Gasteiger partial charge in [0.25, 0.3) is 0 Å². The van der Waals surface area contributed by atoms with Gasteiger partial charge < -0.3 is 15.1 Å². The zero-order chi connectivity index (χ0) is 9.26. The Morgan fingerprint density at radius 1 is 1.38 bits per heavy atom. The van der Waals surface area contributed by atoms with Gasteiger partial charge in [0.05, 0.1) is 0 Å². The standard InChI is InChI=1S/C8H12N2O2S/c11-7(12)6-5-13-8(9-6)10-3-1-2-4-10/h5,7,11-12H,1-4H2. The molecular formula is C8H12N2O2S. The molecule has 0 amide bonds. The molecule has 2 heterocycles. The number of aromatic nitrogens is 1. The fraction of sp³-hybridized carbons (Fsp3) is 0.625. The van der Waals surface area contributed by atoms with E-state index in [1.165, 1.54) is 24.2 Å². The van der Waals surface area contributed by atoms with Gasteiger partial charge in [0.1, 0.15) is 5.69 Å². The van der Waals surface area contributed by atoms with Gasteiger partial charge in [-0.2, -0.15) is 0 Å². The summed E-state index contributed by atoms with van der Waals surface area (Å²) in [5.74, 6) is 0.